The Morgan fingerprint density at radius 3 is 2.44 bits per heavy atom. The third-order valence-corrected chi connectivity index (χ3v) is 8.35. The molecule has 0 radical (unpaired) electrons. The normalized spacial score (nSPS) is 14.9. The summed E-state index contributed by atoms with van der Waals surface area (Å²) in [5.74, 6) is -0.466. The first kappa shape index (κ1) is 28.2. The van der Waals surface area contributed by atoms with Crippen LogP contribution in [0.5, 0.6) is 0 Å². The largest absolute Gasteiger partial charge is 0.463 e. The number of nitrogens with zero attached hydrogens (tertiary/aromatic N) is 5. The van der Waals surface area contributed by atoms with Gasteiger partial charge in [0.2, 0.25) is 0 Å². The van der Waals surface area contributed by atoms with E-state index in [4.69, 9.17) is 4.74 Å². The smallest absolute Gasteiger partial charge is 0.338 e. The van der Waals surface area contributed by atoms with Gasteiger partial charge in [0.05, 0.1) is 40.3 Å². The van der Waals surface area contributed by atoms with E-state index in [1.54, 1.807) is 23.1 Å². The summed E-state index contributed by atoms with van der Waals surface area (Å²) in [7, 11) is 0. The molecule has 0 N–H and O–H groups in total. The van der Waals surface area contributed by atoms with Crippen molar-refractivity contribution < 1.29 is 9.53 Å². The molecular formula is C34H31N5O3S. The van der Waals surface area contributed by atoms with Gasteiger partial charge in [-0.05, 0) is 55.2 Å². The number of hydrogen-bond acceptors (Lipinski definition) is 7. The molecule has 1 aliphatic rings. The predicted octanol–water partition coefficient (Wildman–Crippen LogP) is 5.00. The van der Waals surface area contributed by atoms with Crippen LogP contribution in [0.2, 0.25) is 0 Å². The van der Waals surface area contributed by atoms with Crippen molar-refractivity contribution in [3.63, 3.8) is 0 Å². The second kappa shape index (κ2) is 12.1. The Labute approximate surface area is 252 Å². The average Bonchev–Trinajstić information content (AvgIpc) is 3.63. The van der Waals surface area contributed by atoms with Gasteiger partial charge in [-0.25, -0.2) is 14.5 Å². The van der Waals surface area contributed by atoms with E-state index in [0.717, 1.165) is 40.9 Å². The van der Waals surface area contributed by atoms with E-state index in [0.29, 0.717) is 20.6 Å². The number of fused-ring (bicyclic) bond motifs is 1. The van der Waals surface area contributed by atoms with Gasteiger partial charge < -0.3 is 4.74 Å². The van der Waals surface area contributed by atoms with Crippen molar-refractivity contribution in [2.24, 2.45) is 4.99 Å². The minimum absolute atomic E-state index is 0.207. The maximum absolute atomic E-state index is 13.8. The summed E-state index contributed by atoms with van der Waals surface area (Å²) in [6.45, 7) is 5.96. The van der Waals surface area contributed by atoms with Crippen molar-refractivity contribution in [2.45, 2.75) is 39.7 Å². The first-order valence-electron chi connectivity index (χ1n) is 14.3. The fraction of sp³-hybridized carbons (Fsp3) is 0.206. The fourth-order valence-corrected chi connectivity index (χ4v) is 6.32. The Kier molecular flexibility index (Phi) is 7.98. The summed E-state index contributed by atoms with van der Waals surface area (Å²) in [5, 5.41) is 8.68. The van der Waals surface area contributed by atoms with Crippen LogP contribution < -0.4 is 14.9 Å². The molecule has 0 saturated carbocycles. The lowest BCUT2D eigenvalue weighted by molar-refractivity contribution is -0.139. The predicted molar refractivity (Wildman–Crippen MR) is 168 cm³/mol. The molecule has 8 nitrogen and oxygen atoms in total. The Morgan fingerprint density at radius 2 is 1.74 bits per heavy atom. The number of benzene rings is 3. The van der Waals surface area contributed by atoms with Crippen molar-refractivity contribution in [1.82, 2.24) is 19.6 Å². The summed E-state index contributed by atoms with van der Waals surface area (Å²) < 4.78 is 9.23. The summed E-state index contributed by atoms with van der Waals surface area (Å²) in [6, 6.07) is 25.1. The van der Waals surface area contributed by atoms with Crippen molar-refractivity contribution in [2.75, 3.05) is 6.61 Å². The van der Waals surface area contributed by atoms with Crippen LogP contribution in [-0.2, 0) is 16.0 Å². The lowest BCUT2D eigenvalue weighted by atomic mass is 9.96. The van der Waals surface area contributed by atoms with Gasteiger partial charge in [-0.2, -0.15) is 0 Å². The molecule has 5 aromatic rings. The van der Waals surface area contributed by atoms with Crippen LogP contribution in [0.1, 0.15) is 49.9 Å². The maximum Gasteiger partial charge on any atom is 0.338 e. The fourth-order valence-electron chi connectivity index (χ4n) is 5.27. The molecule has 0 spiro atoms. The molecule has 3 aromatic carbocycles. The lowest BCUT2D eigenvalue weighted by Crippen LogP contribution is -2.39. The van der Waals surface area contributed by atoms with Gasteiger partial charge in [0.15, 0.2) is 4.80 Å². The highest BCUT2D eigenvalue weighted by atomic mass is 32.1. The zero-order valence-electron chi connectivity index (χ0n) is 24.2. The van der Waals surface area contributed by atoms with Crippen LogP contribution in [0.15, 0.2) is 106 Å². The van der Waals surface area contributed by atoms with Gasteiger partial charge in [0.25, 0.3) is 5.56 Å². The summed E-state index contributed by atoms with van der Waals surface area (Å²) in [6.07, 6.45) is 5.94. The van der Waals surface area contributed by atoms with Crippen LogP contribution in [-0.4, -0.2) is 32.1 Å². The van der Waals surface area contributed by atoms with Crippen molar-refractivity contribution >= 4 is 23.4 Å². The highest BCUT2D eigenvalue weighted by molar-refractivity contribution is 7.07. The molecule has 6 rings (SSSR count). The van der Waals surface area contributed by atoms with E-state index < -0.39 is 12.0 Å². The first-order valence-corrected chi connectivity index (χ1v) is 15.1. The molecule has 43 heavy (non-hydrogen) atoms. The van der Waals surface area contributed by atoms with E-state index in [-0.39, 0.29) is 12.2 Å². The van der Waals surface area contributed by atoms with E-state index >= 15 is 0 Å². The molecule has 0 amide bonds. The van der Waals surface area contributed by atoms with E-state index in [9.17, 15) is 9.59 Å². The van der Waals surface area contributed by atoms with Gasteiger partial charge >= 0.3 is 5.97 Å². The number of aryl methyl sites for hydroxylation is 1. The highest BCUT2D eigenvalue weighted by Gasteiger charge is 2.33. The summed E-state index contributed by atoms with van der Waals surface area (Å²) in [5.41, 5.74) is 6.40. The van der Waals surface area contributed by atoms with Gasteiger partial charge in [-0.3, -0.25) is 9.36 Å². The second-order valence-electron chi connectivity index (χ2n) is 10.3. The first-order chi connectivity index (χ1) is 21.0. The monoisotopic (exact) mass is 589 g/mol. The van der Waals surface area contributed by atoms with E-state index in [2.05, 4.69) is 46.5 Å². The number of allylic oxidation sites excluding steroid dienone is 1. The zero-order valence-corrected chi connectivity index (χ0v) is 25.0. The van der Waals surface area contributed by atoms with E-state index in [1.807, 2.05) is 66.9 Å². The number of carbonyl (C=O) groups excluding carboxylic acids is 1. The molecule has 2 aromatic heterocycles. The van der Waals surface area contributed by atoms with Crippen molar-refractivity contribution in [3.05, 3.63) is 133 Å². The minimum Gasteiger partial charge on any atom is -0.463 e. The Balaban J connectivity index is 1.32. The molecular weight excluding hydrogens is 558 g/mol. The van der Waals surface area contributed by atoms with Crippen LogP contribution in [0.4, 0.5) is 0 Å². The molecule has 1 aliphatic heterocycles. The van der Waals surface area contributed by atoms with Gasteiger partial charge in [0, 0.05) is 5.56 Å². The average molecular weight is 590 g/mol. The highest BCUT2D eigenvalue weighted by Crippen LogP contribution is 2.30. The van der Waals surface area contributed by atoms with Crippen LogP contribution >= 0.6 is 11.3 Å². The number of ether oxygens (including phenoxy) is 1. The number of carbonyl (C=O) groups is 1. The SMILES string of the molecule is CCCc1ccc(-c2cn(-c3ccc(/C=c4\sc5n(c4=O)C(c4ccccc4)C(C(=O)OCC)=C(C)N=5)cc3)nn2)cc1. The maximum atomic E-state index is 13.8. The molecule has 9 heteroatoms. The Hall–Kier alpha value is -4.89. The number of rotatable bonds is 8. The lowest BCUT2D eigenvalue weighted by Gasteiger charge is -2.24. The third kappa shape index (κ3) is 5.63. The molecule has 0 saturated heterocycles. The summed E-state index contributed by atoms with van der Waals surface area (Å²) in [4.78, 5) is 32.0. The standard InChI is InChI=1S/C34H31N5O3S/c1-4-9-23-12-16-25(17-13-23)28-21-38(37-36-28)27-18-14-24(15-19-27)20-29-32(40)39-31(26-10-7-6-8-11-26)30(33(41)42-5-2)22(3)35-34(39)43-29/h6-8,10-21,31H,4-5,9H2,1-3H3/b29-20-. The van der Waals surface area contributed by atoms with E-state index in [1.165, 1.54) is 16.9 Å². The molecule has 0 bridgehead atoms. The molecule has 1 unspecified atom stereocenters. The number of thiazole rings is 1. The quantitative estimate of drug-likeness (QED) is 0.238. The number of aromatic nitrogens is 4. The number of esters is 1. The van der Waals surface area contributed by atoms with Gasteiger partial charge in [-0.1, -0.05) is 96.6 Å². The molecule has 216 valence electrons. The van der Waals surface area contributed by atoms with Crippen LogP contribution in [0, 0.1) is 0 Å². The molecule has 1 atom stereocenters. The summed E-state index contributed by atoms with van der Waals surface area (Å²) >= 11 is 1.31. The minimum atomic E-state index is -0.620. The van der Waals surface area contributed by atoms with Gasteiger partial charge in [0.1, 0.15) is 5.69 Å². The molecule has 3 heterocycles. The Bertz CT molecular complexity index is 1990. The van der Waals surface area contributed by atoms with Crippen LogP contribution in [0.3, 0.4) is 0 Å². The Morgan fingerprint density at radius 1 is 1.00 bits per heavy atom. The third-order valence-electron chi connectivity index (χ3n) is 7.37. The molecule has 0 aliphatic carbocycles. The topological polar surface area (TPSA) is 91.4 Å². The van der Waals surface area contributed by atoms with Crippen molar-refractivity contribution in [3.8, 4) is 16.9 Å². The molecule has 0 fully saturated rings. The van der Waals surface area contributed by atoms with Crippen LogP contribution in [0.25, 0.3) is 23.0 Å². The van der Waals surface area contributed by atoms with Crippen molar-refractivity contribution in [1.29, 1.82) is 0 Å². The number of hydrogen-bond donors (Lipinski definition) is 0. The second-order valence-corrected chi connectivity index (χ2v) is 11.3. The zero-order chi connectivity index (χ0) is 29.9. The van der Waals surface area contributed by atoms with Gasteiger partial charge in [-0.15, -0.1) is 5.10 Å².